The summed E-state index contributed by atoms with van der Waals surface area (Å²) in [4.78, 5) is 32.4. The molecular formula is C13H16N6O3. The van der Waals surface area contributed by atoms with E-state index < -0.39 is 0 Å². The van der Waals surface area contributed by atoms with Crippen LogP contribution in [0.1, 0.15) is 18.1 Å². The Balaban J connectivity index is 1.89. The predicted octanol–water partition coefficient (Wildman–Crippen LogP) is -0.242. The van der Waals surface area contributed by atoms with Crippen molar-refractivity contribution in [1.82, 2.24) is 28.8 Å². The summed E-state index contributed by atoms with van der Waals surface area (Å²) in [6, 6.07) is 0. The van der Waals surface area contributed by atoms with Crippen LogP contribution in [0, 0.1) is 6.92 Å². The van der Waals surface area contributed by atoms with Crippen LogP contribution in [0.2, 0.25) is 0 Å². The summed E-state index contributed by atoms with van der Waals surface area (Å²) in [6.45, 7) is 2.34. The minimum atomic E-state index is -0.385. The van der Waals surface area contributed by atoms with Crippen LogP contribution in [0.4, 0.5) is 0 Å². The van der Waals surface area contributed by atoms with E-state index >= 15 is 0 Å². The number of fused-ring (bicyclic) bond motifs is 1. The molecule has 3 heterocycles. The van der Waals surface area contributed by atoms with Crippen LogP contribution in [-0.4, -0.2) is 28.8 Å². The van der Waals surface area contributed by atoms with Gasteiger partial charge in [-0.2, -0.15) is 4.98 Å². The summed E-state index contributed by atoms with van der Waals surface area (Å²) in [6.07, 6.45) is 2.91. The summed E-state index contributed by atoms with van der Waals surface area (Å²) in [7, 11) is 3.06. The summed E-state index contributed by atoms with van der Waals surface area (Å²) in [5.41, 5.74) is 0.0846. The molecule has 0 unspecified atom stereocenters. The molecule has 0 amide bonds. The molecule has 3 aromatic heterocycles. The van der Waals surface area contributed by atoms with Crippen LogP contribution in [0.15, 0.2) is 20.4 Å². The first-order valence-corrected chi connectivity index (χ1v) is 6.89. The van der Waals surface area contributed by atoms with Gasteiger partial charge in [0.1, 0.15) is 0 Å². The van der Waals surface area contributed by atoms with Crippen molar-refractivity contribution in [3.63, 3.8) is 0 Å². The van der Waals surface area contributed by atoms with Crippen LogP contribution in [0.3, 0.4) is 0 Å². The van der Waals surface area contributed by atoms with Crippen LogP contribution in [-0.2, 0) is 27.1 Å². The number of hydrogen-bond acceptors (Lipinski definition) is 6. The smallest absolute Gasteiger partial charge is 0.332 e. The Hall–Kier alpha value is -2.71. The lowest BCUT2D eigenvalue weighted by Crippen LogP contribution is -2.37. The molecular weight excluding hydrogens is 288 g/mol. The molecule has 9 nitrogen and oxygen atoms in total. The van der Waals surface area contributed by atoms with Gasteiger partial charge in [0.15, 0.2) is 17.0 Å². The Labute approximate surface area is 124 Å². The number of hydrogen-bond donors (Lipinski definition) is 0. The predicted molar refractivity (Wildman–Crippen MR) is 77.6 cm³/mol. The van der Waals surface area contributed by atoms with Crippen molar-refractivity contribution in [2.45, 2.75) is 26.3 Å². The molecule has 9 heteroatoms. The van der Waals surface area contributed by atoms with Gasteiger partial charge in [0.25, 0.3) is 5.56 Å². The third kappa shape index (κ3) is 2.24. The highest BCUT2D eigenvalue weighted by Crippen LogP contribution is 2.08. The summed E-state index contributed by atoms with van der Waals surface area (Å²) < 4.78 is 9.26. The van der Waals surface area contributed by atoms with Gasteiger partial charge in [-0.05, 0) is 13.3 Å². The van der Waals surface area contributed by atoms with Crippen molar-refractivity contribution in [1.29, 1.82) is 0 Å². The van der Waals surface area contributed by atoms with E-state index in [-0.39, 0.29) is 11.2 Å². The molecule has 0 radical (unpaired) electrons. The number of imidazole rings is 1. The molecule has 0 aromatic carbocycles. The van der Waals surface area contributed by atoms with Crippen molar-refractivity contribution in [3.05, 3.63) is 38.9 Å². The largest absolute Gasteiger partial charge is 0.339 e. The second-order valence-electron chi connectivity index (χ2n) is 5.15. The van der Waals surface area contributed by atoms with Gasteiger partial charge in [-0.1, -0.05) is 5.16 Å². The molecule has 0 spiro atoms. The quantitative estimate of drug-likeness (QED) is 0.659. The fraction of sp³-hybridized carbons (Fsp3) is 0.462. The van der Waals surface area contributed by atoms with Gasteiger partial charge in [-0.3, -0.25) is 13.9 Å². The highest BCUT2D eigenvalue weighted by atomic mass is 16.5. The van der Waals surface area contributed by atoms with Crippen molar-refractivity contribution in [2.24, 2.45) is 14.1 Å². The van der Waals surface area contributed by atoms with E-state index in [1.807, 2.05) is 0 Å². The standard InChI is InChI=1S/C13H16N6O3/c1-8-15-9(22-16-8)5-4-6-19-7-14-11-10(19)12(20)18(3)13(21)17(11)2/h7H,4-6H2,1-3H3. The van der Waals surface area contributed by atoms with E-state index in [1.165, 1.54) is 11.6 Å². The van der Waals surface area contributed by atoms with E-state index in [1.54, 1.807) is 24.9 Å². The Morgan fingerprint density at radius 2 is 2.00 bits per heavy atom. The molecule has 22 heavy (non-hydrogen) atoms. The Kier molecular flexibility index (Phi) is 3.39. The molecule has 0 N–H and O–H groups in total. The monoisotopic (exact) mass is 304 g/mol. The average Bonchev–Trinajstić information content (AvgIpc) is 3.10. The molecule has 0 saturated carbocycles. The van der Waals surface area contributed by atoms with Gasteiger partial charge < -0.3 is 9.09 Å². The van der Waals surface area contributed by atoms with Gasteiger partial charge in [0.2, 0.25) is 5.89 Å². The SMILES string of the molecule is Cc1noc(CCCn2cnc3c2c(=O)n(C)c(=O)n3C)n1. The molecule has 0 fully saturated rings. The third-order valence-corrected chi connectivity index (χ3v) is 3.58. The van der Waals surface area contributed by atoms with Crippen LogP contribution in [0.25, 0.3) is 11.2 Å². The van der Waals surface area contributed by atoms with E-state index in [0.29, 0.717) is 35.8 Å². The van der Waals surface area contributed by atoms with Gasteiger partial charge in [-0.15, -0.1) is 0 Å². The summed E-state index contributed by atoms with van der Waals surface area (Å²) in [5, 5.41) is 3.73. The van der Waals surface area contributed by atoms with Crippen LogP contribution in [0.5, 0.6) is 0 Å². The first-order chi connectivity index (χ1) is 10.5. The van der Waals surface area contributed by atoms with Crippen molar-refractivity contribution in [3.8, 4) is 0 Å². The molecule has 3 aromatic rings. The number of aryl methyl sites for hydroxylation is 4. The minimum Gasteiger partial charge on any atom is -0.339 e. The zero-order valence-electron chi connectivity index (χ0n) is 12.6. The van der Waals surface area contributed by atoms with Crippen LogP contribution < -0.4 is 11.2 Å². The average molecular weight is 304 g/mol. The second-order valence-corrected chi connectivity index (χ2v) is 5.15. The van der Waals surface area contributed by atoms with E-state index in [4.69, 9.17) is 4.52 Å². The lowest BCUT2D eigenvalue weighted by atomic mass is 10.3. The molecule has 0 atom stereocenters. The normalized spacial score (nSPS) is 11.4. The highest BCUT2D eigenvalue weighted by Gasteiger charge is 2.14. The molecule has 0 aliphatic rings. The number of rotatable bonds is 4. The lowest BCUT2D eigenvalue weighted by Gasteiger charge is -2.05. The molecule has 0 bridgehead atoms. The minimum absolute atomic E-state index is 0.343. The molecule has 116 valence electrons. The topological polar surface area (TPSA) is 101 Å². The maximum atomic E-state index is 12.3. The first-order valence-electron chi connectivity index (χ1n) is 6.89. The summed E-state index contributed by atoms with van der Waals surface area (Å²) >= 11 is 0. The fourth-order valence-corrected chi connectivity index (χ4v) is 2.41. The van der Waals surface area contributed by atoms with E-state index in [9.17, 15) is 9.59 Å². The van der Waals surface area contributed by atoms with Gasteiger partial charge >= 0.3 is 5.69 Å². The maximum Gasteiger partial charge on any atom is 0.332 e. The molecule has 0 aliphatic carbocycles. The molecule has 3 rings (SSSR count). The van der Waals surface area contributed by atoms with Gasteiger partial charge in [-0.25, -0.2) is 9.78 Å². The molecule has 0 aliphatic heterocycles. The second kappa shape index (κ2) is 5.24. The lowest BCUT2D eigenvalue weighted by molar-refractivity contribution is 0.369. The van der Waals surface area contributed by atoms with Crippen molar-refractivity contribution >= 4 is 11.2 Å². The third-order valence-electron chi connectivity index (χ3n) is 3.58. The van der Waals surface area contributed by atoms with E-state index in [0.717, 1.165) is 11.0 Å². The first kappa shape index (κ1) is 14.2. The van der Waals surface area contributed by atoms with Crippen LogP contribution >= 0.6 is 0 Å². The van der Waals surface area contributed by atoms with Crippen molar-refractivity contribution in [2.75, 3.05) is 0 Å². The Morgan fingerprint density at radius 3 is 2.68 bits per heavy atom. The number of aromatic nitrogens is 6. The zero-order chi connectivity index (χ0) is 15.9. The van der Waals surface area contributed by atoms with Gasteiger partial charge in [0.05, 0.1) is 6.33 Å². The number of nitrogens with zero attached hydrogens (tertiary/aromatic N) is 6. The van der Waals surface area contributed by atoms with E-state index in [2.05, 4.69) is 15.1 Å². The van der Waals surface area contributed by atoms with Crippen molar-refractivity contribution < 1.29 is 4.52 Å². The highest BCUT2D eigenvalue weighted by molar-refractivity contribution is 5.69. The Bertz CT molecular complexity index is 945. The Morgan fingerprint density at radius 1 is 1.23 bits per heavy atom. The maximum absolute atomic E-state index is 12.3. The van der Waals surface area contributed by atoms with Gasteiger partial charge in [0, 0.05) is 27.1 Å². The fourth-order valence-electron chi connectivity index (χ4n) is 2.41. The molecule has 0 saturated heterocycles. The zero-order valence-corrected chi connectivity index (χ0v) is 12.6. The summed E-state index contributed by atoms with van der Waals surface area (Å²) in [5.74, 6) is 1.18.